The van der Waals surface area contributed by atoms with Crippen molar-refractivity contribution < 1.29 is 49.0 Å². The van der Waals surface area contributed by atoms with Crippen LogP contribution in [0.4, 0.5) is 31.6 Å². The molecule has 0 amide bonds. The van der Waals surface area contributed by atoms with Crippen LogP contribution in [-0.4, -0.2) is 32.9 Å². The van der Waals surface area contributed by atoms with E-state index in [0.717, 1.165) is 39.7 Å². The van der Waals surface area contributed by atoms with Gasteiger partial charge in [0, 0.05) is 23.3 Å². The number of allylic oxidation sites excluding steroid dienone is 6. The number of fused-ring (bicyclic) bond motifs is 1. The molecule has 0 unspecified atom stereocenters. The van der Waals surface area contributed by atoms with Crippen LogP contribution in [0.2, 0.25) is 0 Å². The SMILES string of the molecule is Cc1ccc(-c2cc(C)[o+]c(-c3ccc(C)cc3)c2)cc1.Cc1ccc(C2=CC(=CC=C3C=[N+](C)c4ccccc43)OC(c3ccc(C)cc3)=C2)cc1.FB(F)F.FB(F)F.[F-].[F-]. The van der Waals surface area contributed by atoms with Crippen molar-refractivity contribution in [3.63, 3.8) is 0 Å². The third kappa shape index (κ3) is 15.3. The third-order valence-electron chi connectivity index (χ3n) is 9.53. The highest BCUT2D eigenvalue weighted by molar-refractivity contribution is 6.33. The van der Waals surface area contributed by atoms with Gasteiger partial charge in [0.1, 0.15) is 18.6 Å². The fourth-order valence-corrected chi connectivity index (χ4v) is 6.46. The molecule has 0 atom stereocenters. The van der Waals surface area contributed by atoms with Crippen LogP contribution in [0.1, 0.15) is 44.7 Å². The summed E-state index contributed by atoms with van der Waals surface area (Å²) in [4.78, 5) is 0. The lowest BCUT2D eigenvalue weighted by atomic mass is 9.99. The van der Waals surface area contributed by atoms with Crippen molar-refractivity contribution in [2.75, 3.05) is 7.05 Å². The minimum absolute atomic E-state index is 0. The summed E-state index contributed by atoms with van der Waals surface area (Å²) in [7, 11) is -5.25. The molecule has 2 aliphatic rings. The Morgan fingerprint density at radius 3 is 1.51 bits per heavy atom. The molecule has 5 aromatic carbocycles. The summed E-state index contributed by atoms with van der Waals surface area (Å²) in [6, 6.07) is 46.8. The summed E-state index contributed by atoms with van der Waals surface area (Å²) in [5.41, 5.74) is 15.6. The van der Waals surface area contributed by atoms with E-state index in [1.807, 2.05) is 6.92 Å². The molecule has 13 heteroatoms. The molecule has 3 heterocycles. The van der Waals surface area contributed by atoms with Crippen LogP contribution in [0.25, 0.3) is 39.4 Å². The second-order valence-electron chi connectivity index (χ2n) is 14.4. The van der Waals surface area contributed by atoms with Crippen molar-refractivity contribution in [2.45, 2.75) is 34.6 Å². The second-order valence-corrected chi connectivity index (χ2v) is 14.4. The van der Waals surface area contributed by atoms with Crippen LogP contribution in [-0.2, 0) is 4.74 Å². The largest absolute Gasteiger partial charge is 1.00 e. The van der Waals surface area contributed by atoms with E-state index >= 15 is 0 Å². The molecule has 1 aromatic heterocycles. The Morgan fingerprint density at radius 1 is 0.524 bits per heavy atom. The van der Waals surface area contributed by atoms with Gasteiger partial charge in [0.25, 0.3) is 0 Å². The average Bonchev–Trinajstić information content (AvgIpc) is 3.55. The van der Waals surface area contributed by atoms with Crippen LogP contribution < -0.4 is 9.41 Å². The normalized spacial score (nSPS) is 13.3. The Balaban J connectivity index is 0.000000294. The van der Waals surface area contributed by atoms with E-state index in [2.05, 4.69) is 203 Å². The van der Waals surface area contributed by atoms with Crippen LogP contribution in [0, 0.1) is 34.6 Å². The van der Waals surface area contributed by atoms with Crippen molar-refractivity contribution in [2.24, 2.45) is 0 Å². The summed E-state index contributed by atoms with van der Waals surface area (Å²) in [5.74, 6) is 3.52. The number of rotatable bonds is 5. The maximum atomic E-state index is 9.67. The fraction of sp³-hybridized carbons (Fsp3) is 0.120. The monoisotopic (exact) mass is 865 g/mol. The van der Waals surface area contributed by atoms with E-state index in [-0.39, 0.29) is 9.41 Å². The summed E-state index contributed by atoms with van der Waals surface area (Å²) >= 11 is 0. The van der Waals surface area contributed by atoms with E-state index in [1.165, 1.54) is 55.8 Å². The molecule has 6 aromatic rings. The number of para-hydroxylation sites is 1. The van der Waals surface area contributed by atoms with Gasteiger partial charge in [-0.05, 0) is 86.9 Å². The summed E-state index contributed by atoms with van der Waals surface area (Å²) in [6.45, 7) is 10.4. The van der Waals surface area contributed by atoms with Gasteiger partial charge in [-0.15, -0.1) is 0 Å². The van der Waals surface area contributed by atoms with Gasteiger partial charge in [-0.25, -0.2) is 8.99 Å². The Morgan fingerprint density at radius 2 is 0.984 bits per heavy atom. The molecule has 0 radical (unpaired) electrons. The number of aryl methyl sites for hydroxylation is 5. The molecule has 0 bridgehead atoms. The molecule has 324 valence electrons. The van der Waals surface area contributed by atoms with Gasteiger partial charge in [0.05, 0.1) is 29.7 Å². The van der Waals surface area contributed by atoms with Gasteiger partial charge in [-0.3, -0.25) is 25.9 Å². The summed E-state index contributed by atoms with van der Waals surface area (Å²) in [5, 5.41) is 0. The van der Waals surface area contributed by atoms with Gasteiger partial charge in [-0.2, -0.15) is 0 Å². The molecule has 0 spiro atoms. The molecular weight excluding hydrogens is 820 g/mol. The first kappa shape index (κ1) is 50.6. The maximum absolute atomic E-state index is 9.67. The maximum Gasteiger partial charge on any atom is 0.762 e. The van der Waals surface area contributed by atoms with Crippen molar-refractivity contribution in [1.82, 2.24) is 0 Å². The van der Waals surface area contributed by atoms with E-state index < -0.39 is 15.1 Å². The number of nitrogens with zero attached hydrogens (tertiary/aromatic N) is 1. The number of benzene rings is 5. The lowest BCUT2D eigenvalue weighted by Crippen LogP contribution is -3.00. The average molecular weight is 866 g/mol. The predicted molar refractivity (Wildman–Crippen MR) is 240 cm³/mol. The molecule has 0 aliphatic carbocycles. The highest BCUT2D eigenvalue weighted by atomic mass is 19.4. The van der Waals surface area contributed by atoms with Crippen molar-refractivity contribution in [1.29, 1.82) is 0 Å². The van der Waals surface area contributed by atoms with Crippen LogP contribution in [0.15, 0.2) is 168 Å². The second kappa shape index (κ2) is 24.0. The van der Waals surface area contributed by atoms with Crippen molar-refractivity contribution in [3.05, 3.63) is 208 Å². The Hall–Kier alpha value is -6.75. The van der Waals surface area contributed by atoms with Crippen LogP contribution >= 0.6 is 0 Å². The standard InChI is InChI=1S/C30H26NO.C20H19O.2BF3.2FH/c1-21-8-12-23(13-9-21)26-18-27(32-30(19-26)24-14-10-22(2)11-15-24)17-16-25-20-31(3)29-7-5-4-6-28(25)29;1-14-4-8-17(9-5-14)19-12-16(3)21-20(13-19)18-10-6-15(2)7-11-18;2*2-1(3)4;;/h4-20H,1-3H3;4-13H,1-3H3;;;2*1H/q2*+1;;;;/p-2. The predicted octanol–water partition coefficient (Wildman–Crippen LogP) is 8.67. The lowest BCUT2D eigenvalue weighted by Gasteiger charge is -2.18. The Labute approximate surface area is 364 Å². The number of ether oxygens (including phenoxy) is 1. The molecule has 0 N–H and O–H groups in total. The minimum Gasteiger partial charge on any atom is -1.00 e. The van der Waals surface area contributed by atoms with E-state index in [9.17, 15) is 25.9 Å². The summed E-state index contributed by atoms with van der Waals surface area (Å²) < 4.78 is 72.4. The third-order valence-corrected chi connectivity index (χ3v) is 9.53. The smallest absolute Gasteiger partial charge is 0.762 e. The summed E-state index contributed by atoms with van der Waals surface area (Å²) in [6.07, 6.45) is 10.6. The first-order valence-corrected chi connectivity index (χ1v) is 19.4. The molecule has 3 nitrogen and oxygen atoms in total. The Kier molecular flexibility index (Phi) is 19.3. The minimum atomic E-state index is -3.67. The van der Waals surface area contributed by atoms with Gasteiger partial charge in [-0.1, -0.05) is 119 Å². The van der Waals surface area contributed by atoms with Crippen LogP contribution in [0.3, 0.4) is 0 Å². The zero-order valence-electron chi connectivity index (χ0n) is 35.5. The van der Waals surface area contributed by atoms with E-state index in [1.54, 1.807) is 0 Å². The first-order chi connectivity index (χ1) is 29.1. The topological polar surface area (TPSA) is 23.5 Å². The van der Waals surface area contributed by atoms with Gasteiger partial charge >= 0.3 is 26.6 Å². The van der Waals surface area contributed by atoms with E-state index in [0.29, 0.717) is 0 Å². The molecule has 0 saturated carbocycles. The molecule has 8 rings (SSSR count). The Bertz CT molecular complexity index is 2500. The first-order valence-electron chi connectivity index (χ1n) is 19.4. The fourth-order valence-electron chi connectivity index (χ4n) is 6.46. The highest BCUT2D eigenvalue weighted by Crippen LogP contribution is 2.34. The van der Waals surface area contributed by atoms with Crippen LogP contribution in [0.5, 0.6) is 0 Å². The van der Waals surface area contributed by atoms with Gasteiger partial charge < -0.3 is 14.1 Å². The highest BCUT2D eigenvalue weighted by Gasteiger charge is 2.22. The lowest BCUT2D eigenvalue weighted by molar-refractivity contribution is -0.395. The number of hydrogen-bond donors (Lipinski definition) is 0. The van der Waals surface area contributed by atoms with Gasteiger partial charge in [0.2, 0.25) is 5.69 Å². The van der Waals surface area contributed by atoms with Crippen molar-refractivity contribution in [3.8, 4) is 22.5 Å². The number of halogens is 8. The molecule has 63 heavy (non-hydrogen) atoms. The molecule has 0 saturated heterocycles. The molecule has 0 fully saturated rings. The zero-order valence-corrected chi connectivity index (χ0v) is 35.5. The number of hydrogen-bond acceptors (Lipinski definition) is 1. The van der Waals surface area contributed by atoms with E-state index in [4.69, 9.17) is 9.15 Å². The molecule has 2 aliphatic heterocycles. The van der Waals surface area contributed by atoms with Gasteiger partial charge in [0.15, 0.2) is 6.21 Å². The molecular formula is C50H45B2F8NO2. The quantitative estimate of drug-likeness (QED) is 0.0751. The zero-order chi connectivity index (χ0) is 44.1. The van der Waals surface area contributed by atoms with Crippen molar-refractivity contribution >= 4 is 43.9 Å².